The average molecular weight is 274 g/mol. The lowest BCUT2D eigenvalue weighted by molar-refractivity contribution is -0.183. The van der Waals surface area contributed by atoms with Gasteiger partial charge in [0.25, 0.3) is 5.91 Å². The maximum absolute atomic E-state index is 11.2. The molecular weight excluding hydrogens is 260 g/mol. The zero-order valence-electron chi connectivity index (χ0n) is 10.7. The first-order chi connectivity index (χ1) is 9.75. The van der Waals surface area contributed by atoms with Crippen LogP contribution in [-0.4, -0.2) is 34.5 Å². The van der Waals surface area contributed by atoms with E-state index in [0.29, 0.717) is 18.9 Å². The Kier molecular flexibility index (Phi) is 3.44. The van der Waals surface area contributed by atoms with E-state index in [9.17, 15) is 4.79 Å². The smallest absolute Gasteiger partial charge is 0.271 e. The van der Waals surface area contributed by atoms with Gasteiger partial charge in [0, 0.05) is 11.1 Å². The highest BCUT2D eigenvalue weighted by molar-refractivity contribution is 5.96. The molecule has 20 heavy (non-hydrogen) atoms. The van der Waals surface area contributed by atoms with E-state index in [1.165, 1.54) is 0 Å². The molecule has 0 unspecified atom stereocenters. The Labute approximate surface area is 115 Å². The van der Waals surface area contributed by atoms with E-state index in [1.807, 2.05) is 24.3 Å². The molecule has 1 aliphatic heterocycles. The molecule has 1 aromatic carbocycles. The Morgan fingerprint density at radius 3 is 2.55 bits per heavy atom. The second kappa shape index (κ2) is 5.40. The molecule has 0 spiro atoms. The summed E-state index contributed by atoms with van der Waals surface area (Å²) in [4.78, 5) is 11.2. The number of primary amides is 1. The molecule has 1 amide bonds. The first-order valence-corrected chi connectivity index (χ1v) is 6.30. The molecule has 2 aromatic rings. The van der Waals surface area contributed by atoms with Crippen molar-refractivity contribution < 1.29 is 14.3 Å². The Bertz CT molecular complexity index is 602. The summed E-state index contributed by atoms with van der Waals surface area (Å²) in [5.41, 5.74) is 7.49. The minimum atomic E-state index is -0.614. The predicted octanol–water partition coefficient (Wildman–Crippen LogP) is 1.01. The van der Waals surface area contributed by atoms with Crippen molar-refractivity contribution in [1.29, 1.82) is 0 Å². The first kappa shape index (κ1) is 12.8. The zero-order chi connectivity index (χ0) is 13.9. The van der Waals surface area contributed by atoms with Crippen LogP contribution >= 0.6 is 0 Å². The molecule has 7 nitrogen and oxygen atoms in total. The number of hydrogen-bond acceptors (Lipinski definition) is 5. The normalized spacial score (nSPS) is 16.2. The second-order valence-electron chi connectivity index (χ2n) is 4.43. The van der Waals surface area contributed by atoms with Gasteiger partial charge in [-0.05, 0) is 6.42 Å². The Morgan fingerprint density at radius 1 is 1.20 bits per heavy atom. The van der Waals surface area contributed by atoms with Gasteiger partial charge in [0.2, 0.25) is 0 Å². The van der Waals surface area contributed by atoms with Gasteiger partial charge in [0.1, 0.15) is 5.69 Å². The summed E-state index contributed by atoms with van der Waals surface area (Å²) in [5, 5.41) is 10.1. The topological polar surface area (TPSA) is 103 Å². The number of nitrogens with zero attached hydrogens (tertiary/aromatic N) is 2. The van der Waals surface area contributed by atoms with Gasteiger partial charge in [0.05, 0.1) is 13.2 Å². The number of carbonyl (C=O) groups is 1. The van der Waals surface area contributed by atoms with Crippen LogP contribution < -0.4 is 5.73 Å². The van der Waals surface area contributed by atoms with E-state index in [4.69, 9.17) is 15.2 Å². The van der Waals surface area contributed by atoms with Gasteiger partial charge in [-0.25, -0.2) is 0 Å². The highest BCUT2D eigenvalue weighted by atomic mass is 16.7. The van der Waals surface area contributed by atoms with Crippen molar-refractivity contribution in [2.75, 3.05) is 13.2 Å². The number of ether oxygens (including phenoxy) is 2. The summed E-state index contributed by atoms with van der Waals surface area (Å²) >= 11 is 0. The van der Waals surface area contributed by atoms with Crippen molar-refractivity contribution >= 4 is 5.91 Å². The van der Waals surface area contributed by atoms with Crippen LogP contribution in [0.15, 0.2) is 24.3 Å². The highest BCUT2D eigenvalue weighted by Gasteiger charge is 2.18. The number of aromatic amines is 1. The van der Waals surface area contributed by atoms with Crippen LogP contribution in [0.4, 0.5) is 0 Å². The van der Waals surface area contributed by atoms with Crippen LogP contribution in [0.5, 0.6) is 0 Å². The molecule has 0 saturated carbocycles. The fourth-order valence-corrected chi connectivity index (χ4v) is 2.08. The molecule has 7 heteroatoms. The molecule has 1 fully saturated rings. The van der Waals surface area contributed by atoms with Gasteiger partial charge in [-0.1, -0.05) is 24.3 Å². The number of carbonyl (C=O) groups excluding carboxylic acids is 1. The summed E-state index contributed by atoms with van der Waals surface area (Å²) in [6, 6.07) is 7.43. The minimum absolute atomic E-state index is 0.128. The lowest BCUT2D eigenvalue weighted by Gasteiger charge is -2.23. The summed E-state index contributed by atoms with van der Waals surface area (Å²) in [5.74, 6) is -0.614. The van der Waals surface area contributed by atoms with E-state index in [1.54, 1.807) is 0 Å². The molecule has 0 bridgehead atoms. The number of hydrogen-bond donors (Lipinski definition) is 2. The number of nitrogens with two attached hydrogens (primary N) is 1. The highest BCUT2D eigenvalue weighted by Crippen LogP contribution is 2.26. The quantitative estimate of drug-likeness (QED) is 0.869. The van der Waals surface area contributed by atoms with Gasteiger partial charge >= 0.3 is 0 Å². The van der Waals surface area contributed by atoms with Crippen LogP contribution in [-0.2, 0) is 9.47 Å². The van der Waals surface area contributed by atoms with Crippen LogP contribution in [0.3, 0.4) is 0 Å². The van der Waals surface area contributed by atoms with Crippen molar-refractivity contribution in [3.63, 3.8) is 0 Å². The monoisotopic (exact) mass is 274 g/mol. The third-order valence-electron chi connectivity index (χ3n) is 3.06. The zero-order valence-corrected chi connectivity index (χ0v) is 10.7. The molecule has 3 N–H and O–H groups in total. The van der Waals surface area contributed by atoms with Gasteiger partial charge in [0.15, 0.2) is 12.0 Å². The first-order valence-electron chi connectivity index (χ1n) is 6.30. The third-order valence-corrected chi connectivity index (χ3v) is 3.06. The summed E-state index contributed by atoms with van der Waals surface area (Å²) in [6.07, 6.45) is 0.584. The standard InChI is InChI=1S/C13H14N4O3/c14-12(18)11-10(15-17-16-11)8-2-4-9(5-3-8)13-19-6-1-7-20-13/h2-5,13H,1,6-7H2,(H2,14,18)(H,15,16,17). The van der Waals surface area contributed by atoms with Crippen molar-refractivity contribution in [2.45, 2.75) is 12.7 Å². The maximum atomic E-state index is 11.2. The third kappa shape index (κ3) is 2.40. The van der Waals surface area contributed by atoms with E-state index in [2.05, 4.69) is 15.4 Å². The van der Waals surface area contributed by atoms with E-state index in [0.717, 1.165) is 17.5 Å². The fourth-order valence-electron chi connectivity index (χ4n) is 2.08. The Balaban J connectivity index is 1.85. The Morgan fingerprint density at radius 2 is 1.90 bits per heavy atom. The number of nitrogens with one attached hydrogen (secondary N) is 1. The molecule has 1 aliphatic rings. The van der Waals surface area contributed by atoms with Crippen LogP contribution in [0, 0.1) is 0 Å². The SMILES string of the molecule is NC(=O)c1n[nH]nc1-c1ccc(C2OCCCO2)cc1. The van der Waals surface area contributed by atoms with E-state index in [-0.39, 0.29) is 12.0 Å². The molecule has 1 aromatic heterocycles. The largest absolute Gasteiger partial charge is 0.364 e. The van der Waals surface area contributed by atoms with Crippen molar-refractivity contribution in [3.05, 3.63) is 35.5 Å². The minimum Gasteiger partial charge on any atom is -0.364 e. The predicted molar refractivity (Wildman–Crippen MR) is 69.6 cm³/mol. The van der Waals surface area contributed by atoms with Gasteiger partial charge < -0.3 is 15.2 Å². The van der Waals surface area contributed by atoms with Crippen LogP contribution in [0.25, 0.3) is 11.3 Å². The lowest BCUT2D eigenvalue weighted by atomic mass is 10.1. The molecule has 2 heterocycles. The van der Waals surface area contributed by atoms with E-state index < -0.39 is 5.91 Å². The van der Waals surface area contributed by atoms with Gasteiger partial charge in [-0.15, -0.1) is 0 Å². The summed E-state index contributed by atoms with van der Waals surface area (Å²) in [7, 11) is 0. The van der Waals surface area contributed by atoms with Crippen LogP contribution in [0.2, 0.25) is 0 Å². The molecular formula is C13H14N4O3. The second-order valence-corrected chi connectivity index (χ2v) is 4.43. The van der Waals surface area contributed by atoms with Crippen molar-refractivity contribution in [2.24, 2.45) is 5.73 Å². The molecule has 1 saturated heterocycles. The Hall–Kier alpha value is -2.25. The molecule has 3 rings (SSSR count). The average Bonchev–Trinajstić information content (AvgIpc) is 2.98. The number of rotatable bonds is 3. The van der Waals surface area contributed by atoms with Crippen molar-refractivity contribution in [1.82, 2.24) is 15.4 Å². The molecule has 0 atom stereocenters. The van der Waals surface area contributed by atoms with Gasteiger partial charge in [-0.2, -0.15) is 15.4 Å². The lowest BCUT2D eigenvalue weighted by Crippen LogP contribution is -2.17. The molecule has 0 radical (unpaired) electrons. The number of benzene rings is 1. The van der Waals surface area contributed by atoms with E-state index >= 15 is 0 Å². The summed E-state index contributed by atoms with van der Waals surface area (Å²) in [6.45, 7) is 1.39. The van der Waals surface area contributed by atoms with Gasteiger partial charge in [-0.3, -0.25) is 4.79 Å². The van der Waals surface area contributed by atoms with Crippen LogP contribution in [0.1, 0.15) is 28.8 Å². The number of aromatic nitrogens is 3. The fraction of sp³-hybridized carbons (Fsp3) is 0.308. The molecule has 104 valence electrons. The molecule has 0 aliphatic carbocycles. The van der Waals surface area contributed by atoms with Crippen molar-refractivity contribution in [3.8, 4) is 11.3 Å². The maximum Gasteiger partial charge on any atom is 0.271 e. The summed E-state index contributed by atoms with van der Waals surface area (Å²) < 4.78 is 11.1. The number of H-pyrrole nitrogens is 1. The number of amides is 1.